The highest BCUT2D eigenvalue weighted by Crippen LogP contribution is 2.18. The van der Waals surface area contributed by atoms with Crippen LogP contribution in [-0.4, -0.2) is 14.3 Å². The predicted octanol–water partition coefficient (Wildman–Crippen LogP) is 0.897. The molecule has 1 aromatic rings. The van der Waals surface area contributed by atoms with Gasteiger partial charge in [-0.3, -0.25) is 9.71 Å². The Hall–Kier alpha value is -1.36. The van der Waals surface area contributed by atoms with Crippen molar-refractivity contribution in [2.75, 3.05) is 0 Å². The first-order valence-electron chi connectivity index (χ1n) is 4.21. The van der Waals surface area contributed by atoms with Gasteiger partial charge in [-0.1, -0.05) is 18.2 Å². The van der Waals surface area contributed by atoms with Gasteiger partial charge in [-0.05, 0) is 18.6 Å². The van der Waals surface area contributed by atoms with Crippen LogP contribution < -0.4 is 4.72 Å². The zero-order chi connectivity index (χ0) is 10.2. The maximum atomic E-state index is 11.7. The van der Waals surface area contributed by atoms with Gasteiger partial charge in [0.2, 0.25) is 0 Å². The van der Waals surface area contributed by atoms with Gasteiger partial charge in [-0.25, -0.2) is 8.42 Å². The van der Waals surface area contributed by atoms with E-state index in [1.807, 2.05) is 6.07 Å². The summed E-state index contributed by atoms with van der Waals surface area (Å²) in [5, 5.41) is 0. The molecule has 0 bridgehead atoms. The molecule has 1 N–H and O–H groups in total. The monoisotopic (exact) mass is 210 g/mol. The van der Waals surface area contributed by atoms with Crippen molar-refractivity contribution in [1.82, 2.24) is 4.72 Å². The van der Waals surface area contributed by atoms with E-state index in [4.69, 9.17) is 0 Å². The van der Waals surface area contributed by atoms with Gasteiger partial charge < -0.3 is 0 Å². The van der Waals surface area contributed by atoms with E-state index in [2.05, 4.69) is 9.71 Å². The van der Waals surface area contributed by atoms with Crippen molar-refractivity contribution in [1.29, 1.82) is 0 Å². The molecule has 1 aliphatic rings. The molecule has 1 aromatic carbocycles. The van der Waals surface area contributed by atoms with Crippen molar-refractivity contribution in [2.45, 2.75) is 18.4 Å². The first-order valence-corrected chi connectivity index (χ1v) is 5.70. The van der Waals surface area contributed by atoms with Crippen molar-refractivity contribution >= 4 is 15.9 Å². The van der Waals surface area contributed by atoms with Crippen molar-refractivity contribution in [3.8, 4) is 0 Å². The number of aliphatic imine (C=N–C) groups is 1. The smallest absolute Gasteiger partial charge is 0.263 e. The van der Waals surface area contributed by atoms with Crippen LogP contribution in [0.4, 0.5) is 0 Å². The second kappa shape index (κ2) is 3.09. The summed E-state index contributed by atoms with van der Waals surface area (Å²) in [6.07, 6.45) is 0. The molecule has 0 saturated carbocycles. The third kappa shape index (κ3) is 1.50. The molecule has 0 saturated heterocycles. The first-order chi connectivity index (χ1) is 6.59. The molecular formula is C9H10N2O2S. The predicted molar refractivity (Wildman–Crippen MR) is 53.6 cm³/mol. The van der Waals surface area contributed by atoms with Crippen LogP contribution in [0.2, 0.25) is 0 Å². The lowest BCUT2D eigenvalue weighted by atomic mass is 10.2. The van der Waals surface area contributed by atoms with Crippen LogP contribution in [0.1, 0.15) is 12.5 Å². The van der Waals surface area contributed by atoms with E-state index in [9.17, 15) is 8.42 Å². The number of nitrogens with zero attached hydrogens (tertiary/aromatic N) is 1. The molecule has 0 unspecified atom stereocenters. The average molecular weight is 210 g/mol. The normalized spacial score (nSPS) is 18.8. The van der Waals surface area contributed by atoms with E-state index in [0.29, 0.717) is 17.3 Å². The first kappa shape index (κ1) is 9.21. The van der Waals surface area contributed by atoms with Crippen molar-refractivity contribution in [2.24, 2.45) is 4.99 Å². The molecule has 0 amide bonds. The molecule has 0 aliphatic carbocycles. The number of hydrogen-bond acceptors (Lipinski definition) is 3. The summed E-state index contributed by atoms with van der Waals surface area (Å²) < 4.78 is 25.8. The Morgan fingerprint density at radius 3 is 2.86 bits per heavy atom. The summed E-state index contributed by atoms with van der Waals surface area (Å²) in [5.41, 5.74) is 0.733. The van der Waals surface area contributed by atoms with E-state index < -0.39 is 10.0 Å². The average Bonchev–Trinajstić information content (AvgIpc) is 2.24. The van der Waals surface area contributed by atoms with Crippen molar-refractivity contribution in [3.63, 3.8) is 0 Å². The Morgan fingerprint density at radius 2 is 2.07 bits per heavy atom. The van der Waals surface area contributed by atoms with Crippen molar-refractivity contribution in [3.05, 3.63) is 29.8 Å². The van der Waals surface area contributed by atoms with Gasteiger partial charge in [0.15, 0.2) is 0 Å². The summed E-state index contributed by atoms with van der Waals surface area (Å²) >= 11 is 0. The molecule has 0 aromatic heterocycles. The summed E-state index contributed by atoms with van der Waals surface area (Å²) in [4.78, 5) is 4.41. The minimum atomic E-state index is -3.41. The molecule has 1 heterocycles. The second-order valence-electron chi connectivity index (χ2n) is 3.11. The van der Waals surface area contributed by atoms with Crippen LogP contribution in [0, 0.1) is 0 Å². The van der Waals surface area contributed by atoms with Gasteiger partial charge in [0, 0.05) is 0 Å². The highest BCUT2D eigenvalue weighted by atomic mass is 32.2. The number of sulfonamides is 1. The molecule has 2 rings (SSSR count). The fourth-order valence-electron chi connectivity index (χ4n) is 1.38. The third-order valence-electron chi connectivity index (χ3n) is 2.03. The molecule has 0 radical (unpaired) electrons. The van der Waals surface area contributed by atoms with Crippen molar-refractivity contribution < 1.29 is 8.42 Å². The number of nitrogens with one attached hydrogen (secondary N) is 1. The fourth-order valence-corrected chi connectivity index (χ4v) is 2.68. The van der Waals surface area contributed by atoms with Crippen LogP contribution in [0.25, 0.3) is 0 Å². The van der Waals surface area contributed by atoms with E-state index in [0.717, 1.165) is 5.56 Å². The van der Waals surface area contributed by atoms with Crippen LogP contribution in [-0.2, 0) is 16.6 Å². The summed E-state index contributed by atoms with van der Waals surface area (Å²) in [6, 6.07) is 6.88. The Morgan fingerprint density at radius 1 is 1.36 bits per heavy atom. The molecule has 1 aliphatic heterocycles. The highest BCUT2D eigenvalue weighted by molar-refractivity contribution is 7.90. The van der Waals surface area contributed by atoms with Crippen LogP contribution in [0.5, 0.6) is 0 Å². The molecule has 0 fully saturated rings. The summed E-state index contributed by atoms with van der Waals surface area (Å²) in [6.45, 7) is 2.05. The molecule has 74 valence electrons. The molecule has 5 heteroatoms. The quantitative estimate of drug-likeness (QED) is 0.691. The van der Waals surface area contributed by atoms with E-state index in [-0.39, 0.29) is 0 Å². The molecule has 0 atom stereocenters. The summed E-state index contributed by atoms with van der Waals surface area (Å²) in [5.74, 6) is 0.432. The molecular weight excluding hydrogens is 200 g/mol. The highest BCUT2D eigenvalue weighted by Gasteiger charge is 2.20. The SMILES string of the molecule is CC1=NCc2ccccc2S(=O)(=O)N1. The zero-order valence-electron chi connectivity index (χ0n) is 7.69. The Bertz CT molecular complexity index is 491. The van der Waals surface area contributed by atoms with E-state index in [1.165, 1.54) is 0 Å². The minimum absolute atomic E-state index is 0.320. The van der Waals surface area contributed by atoms with E-state index >= 15 is 0 Å². The minimum Gasteiger partial charge on any atom is -0.267 e. The maximum Gasteiger partial charge on any atom is 0.263 e. The van der Waals surface area contributed by atoms with Gasteiger partial charge in [0.25, 0.3) is 10.0 Å². The molecule has 4 nitrogen and oxygen atoms in total. The number of hydrogen-bond donors (Lipinski definition) is 1. The van der Waals surface area contributed by atoms with Gasteiger partial charge in [-0.2, -0.15) is 0 Å². The number of benzene rings is 1. The lowest BCUT2D eigenvalue weighted by Gasteiger charge is -2.05. The lowest BCUT2D eigenvalue weighted by Crippen LogP contribution is -2.27. The van der Waals surface area contributed by atoms with E-state index in [1.54, 1.807) is 25.1 Å². The number of fused-ring (bicyclic) bond motifs is 1. The Labute approximate surface area is 82.7 Å². The van der Waals surface area contributed by atoms with Gasteiger partial charge >= 0.3 is 0 Å². The van der Waals surface area contributed by atoms with Gasteiger partial charge in [-0.15, -0.1) is 0 Å². The standard InChI is InChI=1S/C9H10N2O2S/c1-7-10-6-8-4-2-3-5-9(8)14(12,13)11-7/h2-5H,6H2,1H3,(H,10,11). The largest absolute Gasteiger partial charge is 0.267 e. The van der Waals surface area contributed by atoms with Gasteiger partial charge in [0.1, 0.15) is 5.84 Å². The summed E-state index contributed by atoms with van der Waals surface area (Å²) in [7, 11) is -3.41. The van der Waals surface area contributed by atoms with Crippen LogP contribution >= 0.6 is 0 Å². The maximum absolute atomic E-state index is 11.7. The molecule has 14 heavy (non-hydrogen) atoms. The molecule has 0 spiro atoms. The second-order valence-corrected chi connectivity index (χ2v) is 4.77. The Balaban J connectivity index is 2.65. The fraction of sp³-hybridized carbons (Fsp3) is 0.222. The lowest BCUT2D eigenvalue weighted by molar-refractivity contribution is 0.592. The van der Waals surface area contributed by atoms with Crippen LogP contribution in [0.15, 0.2) is 34.2 Å². The number of rotatable bonds is 0. The topological polar surface area (TPSA) is 58.5 Å². The third-order valence-corrected chi connectivity index (χ3v) is 3.57. The number of amidine groups is 1. The zero-order valence-corrected chi connectivity index (χ0v) is 8.50. The van der Waals surface area contributed by atoms with Gasteiger partial charge in [0.05, 0.1) is 11.4 Å². The van der Waals surface area contributed by atoms with Crippen LogP contribution in [0.3, 0.4) is 0 Å². The Kier molecular flexibility index (Phi) is 2.03.